The molecule has 8 nitrogen and oxygen atoms in total. The molecule has 28 heavy (non-hydrogen) atoms. The molecular weight excluding hydrogens is 384 g/mol. The van der Waals surface area contributed by atoms with Gasteiger partial charge in [-0.05, 0) is 42.3 Å². The van der Waals surface area contributed by atoms with E-state index in [-0.39, 0.29) is 12.5 Å². The number of hydrogen-bond donors (Lipinski definition) is 2. The van der Waals surface area contributed by atoms with E-state index >= 15 is 0 Å². The zero-order chi connectivity index (χ0) is 20.9. The van der Waals surface area contributed by atoms with Gasteiger partial charge in [0, 0.05) is 12.1 Å². The van der Waals surface area contributed by atoms with Crippen molar-refractivity contribution in [1.29, 1.82) is 0 Å². The van der Waals surface area contributed by atoms with E-state index < -0.39 is 10.0 Å². The molecule has 2 aromatic carbocycles. The third kappa shape index (κ3) is 5.07. The van der Waals surface area contributed by atoms with Crippen LogP contribution in [0.1, 0.15) is 21.5 Å². The van der Waals surface area contributed by atoms with Gasteiger partial charge in [0.15, 0.2) is 11.5 Å². The Kier molecular flexibility index (Phi) is 6.74. The third-order valence-corrected chi connectivity index (χ3v) is 4.64. The van der Waals surface area contributed by atoms with Crippen molar-refractivity contribution in [2.45, 2.75) is 13.5 Å². The fourth-order valence-corrected chi connectivity index (χ4v) is 3.33. The third-order valence-electron chi connectivity index (χ3n) is 4.05. The molecule has 2 N–H and O–H groups in total. The number of methoxy groups -OCH3 is 3. The topological polar surface area (TPSA) is 103 Å². The van der Waals surface area contributed by atoms with Crippen LogP contribution in [0.15, 0.2) is 30.3 Å². The maximum atomic E-state index is 12.6. The molecule has 0 saturated carbocycles. The van der Waals surface area contributed by atoms with Crippen LogP contribution in [-0.4, -0.2) is 41.9 Å². The molecule has 0 unspecified atom stereocenters. The van der Waals surface area contributed by atoms with Crippen LogP contribution in [0.5, 0.6) is 17.2 Å². The maximum absolute atomic E-state index is 12.6. The van der Waals surface area contributed by atoms with Gasteiger partial charge in [-0.25, -0.2) is 8.42 Å². The molecule has 152 valence electrons. The molecule has 0 spiro atoms. The lowest BCUT2D eigenvalue weighted by Crippen LogP contribution is -2.24. The predicted molar refractivity (Wildman–Crippen MR) is 107 cm³/mol. The molecule has 2 aromatic rings. The van der Waals surface area contributed by atoms with Crippen molar-refractivity contribution in [3.63, 3.8) is 0 Å². The number of nitrogens with one attached hydrogen (secondary N) is 2. The Bertz CT molecular complexity index is 947. The lowest BCUT2D eigenvalue weighted by Gasteiger charge is -2.15. The Balaban J connectivity index is 2.22. The first kappa shape index (κ1) is 21.4. The summed E-state index contributed by atoms with van der Waals surface area (Å²) in [5, 5.41) is 2.82. The van der Waals surface area contributed by atoms with Crippen molar-refractivity contribution < 1.29 is 27.4 Å². The molecule has 2 rings (SSSR count). The van der Waals surface area contributed by atoms with Crippen LogP contribution >= 0.6 is 0 Å². The molecule has 0 radical (unpaired) electrons. The lowest BCUT2D eigenvalue weighted by molar-refractivity contribution is 0.0950. The quantitative estimate of drug-likeness (QED) is 0.695. The number of hydrogen-bond acceptors (Lipinski definition) is 6. The van der Waals surface area contributed by atoms with Gasteiger partial charge >= 0.3 is 0 Å². The number of rotatable bonds is 8. The highest BCUT2D eigenvalue weighted by Gasteiger charge is 2.16. The highest BCUT2D eigenvalue weighted by molar-refractivity contribution is 7.92. The Hall–Kier alpha value is -2.94. The van der Waals surface area contributed by atoms with Gasteiger partial charge < -0.3 is 19.5 Å². The van der Waals surface area contributed by atoms with Crippen molar-refractivity contribution in [3.8, 4) is 17.2 Å². The molecule has 0 heterocycles. The van der Waals surface area contributed by atoms with E-state index in [1.165, 1.54) is 21.3 Å². The summed E-state index contributed by atoms with van der Waals surface area (Å²) in [5.41, 5.74) is 2.03. The van der Waals surface area contributed by atoms with Crippen molar-refractivity contribution in [1.82, 2.24) is 5.32 Å². The second kappa shape index (κ2) is 8.83. The van der Waals surface area contributed by atoms with Gasteiger partial charge in [-0.15, -0.1) is 0 Å². The van der Waals surface area contributed by atoms with Crippen molar-refractivity contribution in [3.05, 3.63) is 47.0 Å². The van der Waals surface area contributed by atoms with E-state index in [2.05, 4.69) is 10.0 Å². The Morgan fingerprint density at radius 3 is 2.14 bits per heavy atom. The molecule has 0 fully saturated rings. The molecule has 1 amide bonds. The van der Waals surface area contributed by atoms with Crippen LogP contribution in [0.2, 0.25) is 0 Å². The van der Waals surface area contributed by atoms with Crippen molar-refractivity contribution >= 4 is 21.6 Å². The van der Waals surface area contributed by atoms with Gasteiger partial charge in [-0.1, -0.05) is 6.07 Å². The predicted octanol–water partition coefficient (Wildman–Crippen LogP) is 2.32. The van der Waals surface area contributed by atoms with Crippen molar-refractivity contribution in [2.24, 2.45) is 0 Å². The summed E-state index contributed by atoms with van der Waals surface area (Å²) in [7, 11) is 1.11. The molecule has 0 aliphatic rings. The van der Waals surface area contributed by atoms with Gasteiger partial charge in [0.05, 0.1) is 33.3 Å². The second-order valence-electron chi connectivity index (χ2n) is 6.07. The zero-order valence-electron chi connectivity index (χ0n) is 16.5. The molecule has 0 aliphatic heterocycles. The van der Waals surface area contributed by atoms with Gasteiger partial charge in [0.2, 0.25) is 15.8 Å². The van der Waals surface area contributed by atoms with Crippen LogP contribution in [0.25, 0.3) is 0 Å². The van der Waals surface area contributed by atoms with E-state index in [0.717, 1.165) is 11.8 Å². The van der Waals surface area contributed by atoms with E-state index in [1.54, 1.807) is 37.3 Å². The fraction of sp³-hybridized carbons (Fsp3) is 0.316. The van der Waals surface area contributed by atoms with Crippen molar-refractivity contribution in [2.75, 3.05) is 32.3 Å². The largest absolute Gasteiger partial charge is 0.493 e. The smallest absolute Gasteiger partial charge is 0.251 e. The first-order valence-corrected chi connectivity index (χ1v) is 10.2. The monoisotopic (exact) mass is 408 g/mol. The standard InChI is InChI=1S/C19H24N2O6S/c1-12-14(7-6-8-15(12)21-28(5,23)24)19(22)20-11-13-9-16(25-2)18(27-4)17(10-13)26-3/h6-10,21H,11H2,1-5H3,(H,20,22). The summed E-state index contributed by atoms with van der Waals surface area (Å²) in [6.07, 6.45) is 1.06. The Morgan fingerprint density at radius 1 is 1.04 bits per heavy atom. The van der Waals surface area contributed by atoms with Gasteiger partial charge in [0.25, 0.3) is 5.91 Å². The summed E-state index contributed by atoms with van der Waals surface area (Å²) < 4.78 is 41.3. The van der Waals surface area contributed by atoms with Gasteiger partial charge in [0.1, 0.15) is 0 Å². The zero-order valence-corrected chi connectivity index (χ0v) is 17.3. The number of amides is 1. The first-order chi connectivity index (χ1) is 13.2. The minimum absolute atomic E-state index is 0.221. The van der Waals surface area contributed by atoms with Crippen LogP contribution in [0, 0.1) is 6.92 Å². The number of carbonyl (C=O) groups is 1. The molecule has 0 atom stereocenters. The van der Waals surface area contributed by atoms with Crippen LogP contribution in [0.4, 0.5) is 5.69 Å². The average Bonchev–Trinajstić information content (AvgIpc) is 2.65. The minimum atomic E-state index is -3.44. The fourth-order valence-electron chi connectivity index (χ4n) is 2.71. The molecule has 0 bridgehead atoms. The SMILES string of the molecule is COc1cc(CNC(=O)c2cccc(NS(C)(=O)=O)c2C)cc(OC)c1OC. The molecule has 0 saturated heterocycles. The lowest BCUT2D eigenvalue weighted by atomic mass is 10.1. The first-order valence-electron chi connectivity index (χ1n) is 8.34. The van der Waals surface area contributed by atoms with E-state index in [9.17, 15) is 13.2 Å². The number of ether oxygens (including phenoxy) is 3. The second-order valence-corrected chi connectivity index (χ2v) is 7.82. The van der Waals surface area contributed by atoms with Crippen LogP contribution < -0.4 is 24.2 Å². The summed E-state index contributed by atoms with van der Waals surface area (Å²) in [6.45, 7) is 1.90. The number of benzene rings is 2. The Labute approximate surface area is 164 Å². The molecule has 9 heteroatoms. The average molecular weight is 408 g/mol. The summed E-state index contributed by atoms with van der Waals surface area (Å²) in [4.78, 5) is 12.6. The van der Waals surface area contributed by atoms with Crippen LogP contribution in [-0.2, 0) is 16.6 Å². The van der Waals surface area contributed by atoms with Gasteiger partial charge in [-0.3, -0.25) is 9.52 Å². The van der Waals surface area contributed by atoms with Gasteiger partial charge in [-0.2, -0.15) is 0 Å². The maximum Gasteiger partial charge on any atom is 0.251 e. The molecular formula is C19H24N2O6S. The summed E-state index contributed by atoms with van der Waals surface area (Å²) >= 11 is 0. The highest BCUT2D eigenvalue weighted by atomic mass is 32.2. The summed E-state index contributed by atoms with van der Waals surface area (Å²) in [6, 6.07) is 8.35. The number of sulfonamides is 1. The van der Waals surface area contributed by atoms with E-state index in [0.29, 0.717) is 34.1 Å². The normalized spacial score (nSPS) is 10.9. The van der Waals surface area contributed by atoms with E-state index in [1.807, 2.05) is 0 Å². The van der Waals surface area contributed by atoms with E-state index in [4.69, 9.17) is 14.2 Å². The molecule has 0 aromatic heterocycles. The van der Waals surface area contributed by atoms with Crippen LogP contribution in [0.3, 0.4) is 0 Å². The molecule has 0 aliphatic carbocycles. The highest BCUT2D eigenvalue weighted by Crippen LogP contribution is 2.38. The summed E-state index contributed by atoms with van der Waals surface area (Å²) in [5.74, 6) is 1.11. The number of anilines is 1. The number of carbonyl (C=O) groups excluding carboxylic acids is 1. The minimum Gasteiger partial charge on any atom is -0.493 e. The Morgan fingerprint density at radius 2 is 1.64 bits per heavy atom.